The number of hydrogen-bond donors (Lipinski definition) is 1. The molecule has 0 aliphatic carbocycles. The van der Waals surface area contributed by atoms with Crippen LogP contribution >= 0.6 is 0 Å². The molecule has 0 amide bonds. The van der Waals surface area contributed by atoms with Gasteiger partial charge in [-0.05, 0) is 36.6 Å². The van der Waals surface area contributed by atoms with Crippen molar-refractivity contribution in [1.82, 2.24) is 0 Å². The average Bonchev–Trinajstić information content (AvgIpc) is 2.10. The molecule has 0 aliphatic rings. The van der Waals surface area contributed by atoms with Gasteiger partial charge in [0.15, 0.2) is 0 Å². The maximum Gasteiger partial charge on any atom is 0.115 e. The van der Waals surface area contributed by atoms with Gasteiger partial charge in [-0.25, -0.2) is 0 Å². The van der Waals surface area contributed by atoms with Crippen molar-refractivity contribution in [1.29, 1.82) is 0 Å². The Morgan fingerprint density at radius 1 is 1.33 bits per heavy atom. The van der Waals surface area contributed by atoms with Gasteiger partial charge >= 0.3 is 0 Å². The van der Waals surface area contributed by atoms with Gasteiger partial charge in [-0.15, -0.1) is 0 Å². The minimum absolute atomic E-state index is 0.324. The highest BCUT2D eigenvalue weighted by Gasteiger charge is 1.96. The maximum absolute atomic E-state index is 9.06. The molecule has 1 rings (SSSR count). The van der Waals surface area contributed by atoms with Crippen LogP contribution in [0.25, 0.3) is 5.57 Å². The topological polar surface area (TPSA) is 20.2 Å². The maximum atomic E-state index is 9.06. The molecule has 0 heterocycles. The normalized spacial score (nSPS) is 11.7. The van der Waals surface area contributed by atoms with Crippen LogP contribution in [-0.2, 0) is 0 Å². The summed E-state index contributed by atoms with van der Waals surface area (Å²) < 4.78 is 0. The second kappa shape index (κ2) is 3.96. The molecule has 0 radical (unpaired) electrons. The molecule has 0 aliphatic heterocycles. The van der Waals surface area contributed by atoms with Crippen molar-refractivity contribution < 1.29 is 5.11 Å². The smallest absolute Gasteiger partial charge is 0.115 e. The summed E-state index contributed by atoms with van der Waals surface area (Å²) in [6, 6.07) is 7.31. The zero-order chi connectivity index (χ0) is 8.97. The van der Waals surface area contributed by atoms with Crippen molar-refractivity contribution in [3.8, 4) is 5.75 Å². The Hall–Kier alpha value is -1.24. The Kier molecular flexibility index (Phi) is 2.92. The van der Waals surface area contributed by atoms with Gasteiger partial charge in [0, 0.05) is 0 Å². The number of aromatic hydroxyl groups is 1. The first-order valence-corrected chi connectivity index (χ1v) is 4.22. The fourth-order valence-corrected chi connectivity index (χ4v) is 1.25. The van der Waals surface area contributed by atoms with Crippen LogP contribution in [0.2, 0.25) is 0 Å². The third-order valence-electron chi connectivity index (χ3n) is 1.97. The monoisotopic (exact) mass is 162 g/mol. The predicted octanol–water partition coefficient (Wildman–Crippen LogP) is 3.21. The molecule has 0 saturated heterocycles. The molecule has 1 N–H and O–H groups in total. The molecule has 0 bridgehead atoms. The Morgan fingerprint density at radius 2 is 1.92 bits per heavy atom. The lowest BCUT2D eigenvalue weighted by molar-refractivity contribution is 0.475. The van der Waals surface area contributed by atoms with Crippen LogP contribution in [0.1, 0.15) is 25.8 Å². The zero-order valence-corrected chi connectivity index (χ0v) is 7.54. The summed E-state index contributed by atoms with van der Waals surface area (Å²) in [4.78, 5) is 0. The van der Waals surface area contributed by atoms with E-state index in [1.165, 1.54) is 11.1 Å². The van der Waals surface area contributed by atoms with Crippen LogP contribution in [0.3, 0.4) is 0 Å². The van der Waals surface area contributed by atoms with E-state index in [1.807, 2.05) is 19.1 Å². The van der Waals surface area contributed by atoms with E-state index in [4.69, 9.17) is 5.11 Å². The molecule has 0 saturated carbocycles. The molecule has 1 heteroatoms. The summed E-state index contributed by atoms with van der Waals surface area (Å²) in [5, 5.41) is 9.06. The van der Waals surface area contributed by atoms with Crippen molar-refractivity contribution >= 4 is 5.57 Å². The van der Waals surface area contributed by atoms with Crippen LogP contribution in [0.15, 0.2) is 30.3 Å². The van der Waals surface area contributed by atoms with Crippen molar-refractivity contribution in [2.24, 2.45) is 0 Å². The lowest BCUT2D eigenvalue weighted by Crippen LogP contribution is -1.80. The molecule has 64 valence electrons. The lowest BCUT2D eigenvalue weighted by atomic mass is 10.0. The molecule has 1 aromatic rings. The summed E-state index contributed by atoms with van der Waals surface area (Å²) in [5.41, 5.74) is 2.51. The van der Waals surface area contributed by atoms with Gasteiger partial charge < -0.3 is 5.11 Å². The van der Waals surface area contributed by atoms with Crippen LogP contribution in [-0.4, -0.2) is 5.11 Å². The average molecular weight is 162 g/mol. The number of benzene rings is 1. The highest BCUT2D eigenvalue weighted by molar-refractivity contribution is 5.65. The molecule has 0 aromatic heterocycles. The van der Waals surface area contributed by atoms with Crippen molar-refractivity contribution in [3.63, 3.8) is 0 Å². The van der Waals surface area contributed by atoms with E-state index in [-0.39, 0.29) is 0 Å². The highest BCUT2D eigenvalue weighted by atomic mass is 16.3. The van der Waals surface area contributed by atoms with Gasteiger partial charge in [0.1, 0.15) is 5.75 Å². The van der Waals surface area contributed by atoms with Gasteiger partial charge in [0.05, 0.1) is 0 Å². The number of allylic oxidation sites excluding steroid dienone is 2. The van der Waals surface area contributed by atoms with E-state index in [9.17, 15) is 0 Å². The Bertz CT molecular complexity index is 270. The van der Waals surface area contributed by atoms with Crippen LogP contribution in [0, 0.1) is 0 Å². The van der Waals surface area contributed by atoms with E-state index < -0.39 is 0 Å². The zero-order valence-electron chi connectivity index (χ0n) is 7.54. The third-order valence-corrected chi connectivity index (χ3v) is 1.97. The first-order valence-electron chi connectivity index (χ1n) is 4.22. The molecular formula is C11H14O. The molecule has 1 aromatic carbocycles. The summed E-state index contributed by atoms with van der Waals surface area (Å²) in [7, 11) is 0. The van der Waals surface area contributed by atoms with Gasteiger partial charge in [-0.3, -0.25) is 0 Å². The minimum Gasteiger partial charge on any atom is -0.508 e. The van der Waals surface area contributed by atoms with Gasteiger partial charge in [0.2, 0.25) is 0 Å². The minimum atomic E-state index is 0.324. The van der Waals surface area contributed by atoms with E-state index in [1.54, 1.807) is 12.1 Å². The SMILES string of the molecule is CC=C(CC)c1ccc(O)cc1. The molecule has 1 nitrogen and oxygen atoms in total. The number of phenols is 1. The number of rotatable bonds is 2. The van der Waals surface area contributed by atoms with Crippen molar-refractivity contribution in [2.45, 2.75) is 20.3 Å². The van der Waals surface area contributed by atoms with Gasteiger partial charge in [-0.1, -0.05) is 25.1 Å². The van der Waals surface area contributed by atoms with Crippen LogP contribution in [0.5, 0.6) is 5.75 Å². The number of hydrogen-bond acceptors (Lipinski definition) is 1. The fraction of sp³-hybridized carbons (Fsp3) is 0.273. The number of phenolic OH excluding ortho intramolecular Hbond substituents is 1. The molecule has 12 heavy (non-hydrogen) atoms. The van der Waals surface area contributed by atoms with Gasteiger partial charge in [0.25, 0.3) is 0 Å². The molecule has 0 fully saturated rings. The second-order valence-corrected chi connectivity index (χ2v) is 2.71. The summed E-state index contributed by atoms with van der Waals surface area (Å²) in [6.07, 6.45) is 3.13. The molecular weight excluding hydrogens is 148 g/mol. The fourth-order valence-electron chi connectivity index (χ4n) is 1.25. The van der Waals surface area contributed by atoms with E-state index in [0.29, 0.717) is 5.75 Å². The Balaban J connectivity index is 2.96. The van der Waals surface area contributed by atoms with Crippen LogP contribution < -0.4 is 0 Å². The second-order valence-electron chi connectivity index (χ2n) is 2.71. The third kappa shape index (κ3) is 1.88. The predicted molar refractivity (Wildman–Crippen MR) is 52.0 cm³/mol. The summed E-state index contributed by atoms with van der Waals surface area (Å²) >= 11 is 0. The molecule has 0 unspecified atom stereocenters. The van der Waals surface area contributed by atoms with Crippen molar-refractivity contribution in [3.05, 3.63) is 35.9 Å². The Labute approximate surface area is 73.4 Å². The quantitative estimate of drug-likeness (QED) is 0.708. The van der Waals surface area contributed by atoms with E-state index in [0.717, 1.165) is 6.42 Å². The van der Waals surface area contributed by atoms with E-state index >= 15 is 0 Å². The largest absolute Gasteiger partial charge is 0.508 e. The lowest BCUT2D eigenvalue weighted by Gasteiger charge is -2.03. The van der Waals surface area contributed by atoms with Gasteiger partial charge in [-0.2, -0.15) is 0 Å². The molecule has 0 spiro atoms. The molecule has 0 atom stereocenters. The highest BCUT2D eigenvalue weighted by Crippen LogP contribution is 2.19. The first-order chi connectivity index (χ1) is 5.77. The van der Waals surface area contributed by atoms with Crippen LogP contribution in [0.4, 0.5) is 0 Å². The Morgan fingerprint density at radius 3 is 2.33 bits per heavy atom. The van der Waals surface area contributed by atoms with E-state index in [2.05, 4.69) is 13.0 Å². The summed E-state index contributed by atoms with van der Waals surface area (Å²) in [6.45, 7) is 4.16. The summed E-state index contributed by atoms with van der Waals surface area (Å²) in [5.74, 6) is 0.324. The standard InChI is InChI=1S/C11H14O/c1-3-9(4-2)10-5-7-11(12)8-6-10/h3,5-8,12H,4H2,1-2H3. The first kappa shape index (κ1) is 8.85. The van der Waals surface area contributed by atoms with Crippen molar-refractivity contribution in [2.75, 3.05) is 0 Å².